The summed E-state index contributed by atoms with van der Waals surface area (Å²) in [5.41, 5.74) is 0.436. The van der Waals surface area contributed by atoms with Gasteiger partial charge in [0.1, 0.15) is 0 Å². The number of amides is 1. The predicted octanol–water partition coefficient (Wildman–Crippen LogP) is 2.76. The average Bonchev–Trinajstić information content (AvgIpc) is 3.00. The smallest absolute Gasteiger partial charge is 0.222 e. The molecule has 1 aliphatic carbocycles. The second-order valence-corrected chi connectivity index (χ2v) is 7.88. The number of likely N-dealkylation sites (tertiary alicyclic amines) is 2. The van der Waals surface area contributed by atoms with E-state index < -0.39 is 0 Å². The van der Waals surface area contributed by atoms with E-state index in [2.05, 4.69) is 23.8 Å². The summed E-state index contributed by atoms with van der Waals surface area (Å²) in [5.74, 6) is 1.99. The summed E-state index contributed by atoms with van der Waals surface area (Å²) in [6, 6.07) is 0. The van der Waals surface area contributed by atoms with Crippen molar-refractivity contribution >= 4 is 5.91 Å². The van der Waals surface area contributed by atoms with Gasteiger partial charge in [-0.2, -0.15) is 0 Å². The van der Waals surface area contributed by atoms with Crippen LogP contribution in [-0.2, 0) is 4.79 Å². The molecule has 0 aromatic heterocycles. The number of carbonyl (C=O) groups is 1. The van der Waals surface area contributed by atoms with Crippen molar-refractivity contribution in [2.75, 3.05) is 33.2 Å². The lowest BCUT2D eigenvalue weighted by molar-refractivity contribution is -0.131. The molecule has 3 aliphatic rings. The highest BCUT2D eigenvalue weighted by molar-refractivity contribution is 5.76. The molecule has 0 radical (unpaired) electrons. The van der Waals surface area contributed by atoms with Crippen LogP contribution in [0.15, 0.2) is 0 Å². The molecule has 0 bridgehead atoms. The molecule has 2 saturated heterocycles. The van der Waals surface area contributed by atoms with Gasteiger partial charge in [-0.05, 0) is 51.1 Å². The molecule has 1 saturated carbocycles. The lowest BCUT2D eigenvalue weighted by Gasteiger charge is -2.28. The Morgan fingerprint density at radius 3 is 2.45 bits per heavy atom. The van der Waals surface area contributed by atoms with Gasteiger partial charge in [-0.25, -0.2) is 0 Å². The molecule has 3 heteroatoms. The number of nitrogens with zero attached hydrogens (tertiary/aromatic N) is 2. The van der Waals surface area contributed by atoms with Crippen molar-refractivity contribution in [1.29, 1.82) is 0 Å². The summed E-state index contributed by atoms with van der Waals surface area (Å²) in [5, 5.41) is 0. The first-order chi connectivity index (χ1) is 9.56. The Morgan fingerprint density at radius 1 is 1.10 bits per heavy atom. The van der Waals surface area contributed by atoms with E-state index >= 15 is 0 Å². The van der Waals surface area contributed by atoms with E-state index in [-0.39, 0.29) is 0 Å². The molecule has 1 amide bonds. The quantitative estimate of drug-likeness (QED) is 0.775. The van der Waals surface area contributed by atoms with Crippen LogP contribution in [0.4, 0.5) is 0 Å². The summed E-state index contributed by atoms with van der Waals surface area (Å²) in [6.07, 6.45) is 8.53. The van der Waals surface area contributed by atoms with Gasteiger partial charge < -0.3 is 9.80 Å². The minimum atomic E-state index is 0.436. The maximum absolute atomic E-state index is 12.5. The Balaban J connectivity index is 1.49. The SMILES string of the molecule is CC1CCC(CC(=O)N2CCC3(CCN(C)C3)C2)CC1. The van der Waals surface area contributed by atoms with Gasteiger partial charge in [-0.1, -0.05) is 19.8 Å². The minimum Gasteiger partial charge on any atom is -0.342 e. The summed E-state index contributed by atoms with van der Waals surface area (Å²) in [7, 11) is 2.21. The standard InChI is InChI=1S/C17H30N2O/c1-14-3-5-15(6-4-14)11-16(20)19-10-8-17(13-19)7-9-18(2)12-17/h14-15H,3-13H2,1-2H3. The zero-order chi connectivity index (χ0) is 14.2. The Bertz CT molecular complexity index is 362. The summed E-state index contributed by atoms with van der Waals surface area (Å²) in [6.45, 7) is 6.79. The second kappa shape index (κ2) is 5.67. The van der Waals surface area contributed by atoms with Crippen molar-refractivity contribution in [1.82, 2.24) is 9.80 Å². The van der Waals surface area contributed by atoms with Crippen LogP contribution in [-0.4, -0.2) is 48.9 Å². The molecular weight excluding hydrogens is 248 g/mol. The van der Waals surface area contributed by atoms with Gasteiger partial charge in [0.2, 0.25) is 5.91 Å². The molecule has 0 N–H and O–H groups in total. The fraction of sp³-hybridized carbons (Fsp3) is 0.941. The molecule has 1 atom stereocenters. The van der Waals surface area contributed by atoms with Crippen LogP contribution >= 0.6 is 0 Å². The largest absolute Gasteiger partial charge is 0.342 e. The van der Waals surface area contributed by atoms with Gasteiger partial charge in [0.25, 0.3) is 0 Å². The third kappa shape index (κ3) is 3.03. The first kappa shape index (κ1) is 14.4. The monoisotopic (exact) mass is 278 g/mol. The third-order valence-electron chi connectivity index (χ3n) is 6.02. The lowest BCUT2D eigenvalue weighted by Crippen LogP contribution is -2.34. The van der Waals surface area contributed by atoms with Crippen molar-refractivity contribution < 1.29 is 4.79 Å². The Labute approximate surface area is 123 Å². The van der Waals surface area contributed by atoms with E-state index in [0.717, 1.165) is 25.4 Å². The molecule has 0 aromatic carbocycles. The van der Waals surface area contributed by atoms with Crippen LogP contribution in [0, 0.1) is 17.3 Å². The topological polar surface area (TPSA) is 23.6 Å². The first-order valence-electron chi connectivity index (χ1n) is 8.53. The number of hydrogen-bond donors (Lipinski definition) is 0. The van der Waals surface area contributed by atoms with Crippen molar-refractivity contribution in [3.05, 3.63) is 0 Å². The zero-order valence-electron chi connectivity index (χ0n) is 13.2. The highest BCUT2D eigenvalue weighted by atomic mass is 16.2. The second-order valence-electron chi connectivity index (χ2n) is 7.88. The Morgan fingerprint density at radius 2 is 1.80 bits per heavy atom. The van der Waals surface area contributed by atoms with E-state index in [1.54, 1.807) is 0 Å². The maximum atomic E-state index is 12.5. The van der Waals surface area contributed by atoms with E-state index in [0.29, 0.717) is 17.2 Å². The maximum Gasteiger partial charge on any atom is 0.222 e. The fourth-order valence-corrected chi connectivity index (χ4v) is 4.55. The molecule has 1 spiro atoms. The Kier molecular flexibility index (Phi) is 4.07. The molecule has 114 valence electrons. The number of rotatable bonds is 2. The van der Waals surface area contributed by atoms with E-state index in [1.807, 2.05) is 0 Å². The van der Waals surface area contributed by atoms with Crippen LogP contribution in [0.25, 0.3) is 0 Å². The minimum absolute atomic E-state index is 0.436. The van der Waals surface area contributed by atoms with Gasteiger partial charge in [0.15, 0.2) is 0 Å². The summed E-state index contributed by atoms with van der Waals surface area (Å²) >= 11 is 0. The normalized spacial score (nSPS) is 38.8. The molecular formula is C17H30N2O. The molecule has 3 rings (SSSR count). The van der Waals surface area contributed by atoms with E-state index in [4.69, 9.17) is 0 Å². The van der Waals surface area contributed by atoms with Crippen molar-refractivity contribution in [3.63, 3.8) is 0 Å². The van der Waals surface area contributed by atoms with E-state index in [1.165, 1.54) is 51.6 Å². The molecule has 2 aliphatic heterocycles. The number of hydrogen-bond acceptors (Lipinski definition) is 2. The zero-order valence-corrected chi connectivity index (χ0v) is 13.2. The van der Waals surface area contributed by atoms with Gasteiger partial charge >= 0.3 is 0 Å². The third-order valence-corrected chi connectivity index (χ3v) is 6.02. The van der Waals surface area contributed by atoms with Crippen LogP contribution in [0.2, 0.25) is 0 Å². The van der Waals surface area contributed by atoms with Crippen LogP contribution in [0.1, 0.15) is 51.9 Å². The van der Waals surface area contributed by atoms with Crippen LogP contribution in [0.5, 0.6) is 0 Å². The van der Waals surface area contributed by atoms with Gasteiger partial charge in [0.05, 0.1) is 0 Å². The van der Waals surface area contributed by atoms with Crippen LogP contribution < -0.4 is 0 Å². The van der Waals surface area contributed by atoms with Crippen molar-refractivity contribution in [3.8, 4) is 0 Å². The molecule has 0 aromatic rings. The van der Waals surface area contributed by atoms with Gasteiger partial charge in [0, 0.05) is 31.5 Å². The molecule has 1 unspecified atom stereocenters. The summed E-state index contributed by atoms with van der Waals surface area (Å²) < 4.78 is 0. The molecule has 3 fully saturated rings. The average molecular weight is 278 g/mol. The Hall–Kier alpha value is -0.570. The van der Waals surface area contributed by atoms with Gasteiger partial charge in [-0.15, -0.1) is 0 Å². The number of carbonyl (C=O) groups excluding carboxylic acids is 1. The molecule has 3 nitrogen and oxygen atoms in total. The highest BCUT2D eigenvalue weighted by Crippen LogP contribution is 2.39. The van der Waals surface area contributed by atoms with Gasteiger partial charge in [-0.3, -0.25) is 4.79 Å². The highest BCUT2D eigenvalue weighted by Gasteiger charge is 2.43. The van der Waals surface area contributed by atoms with E-state index in [9.17, 15) is 4.79 Å². The molecule has 20 heavy (non-hydrogen) atoms. The predicted molar refractivity (Wildman–Crippen MR) is 81.5 cm³/mol. The fourth-order valence-electron chi connectivity index (χ4n) is 4.55. The first-order valence-corrected chi connectivity index (χ1v) is 8.53. The lowest BCUT2D eigenvalue weighted by atomic mass is 9.81. The van der Waals surface area contributed by atoms with Crippen molar-refractivity contribution in [2.45, 2.75) is 51.9 Å². The van der Waals surface area contributed by atoms with Crippen molar-refractivity contribution in [2.24, 2.45) is 17.3 Å². The van der Waals surface area contributed by atoms with Crippen LogP contribution in [0.3, 0.4) is 0 Å². The summed E-state index contributed by atoms with van der Waals surface area (Å²) in [4.78, 5) is 17.1. The molecule has 2 heterocycles.